The number of carbonyl (C=O) groups excluding carboxylic acids is 1. The van der Waals surface area contributed by atoms with Crippen LogP contribution in [0.3, 0.4) is 0 Å². The van der Waals surface area contributed by atoms with E-state index in [0.717, 1.165) is 63.1 Å². The lowest BCUT2D eigenvalue weighted by Crippen LogP contribution is -2.56. The quantitative estimate of drug-likeness (QED) is 0.236. The van der Waals surface area contributed by atoms with E-state index in [4.69, 9.17) is 20.6 Å². The Labute approximate surface area is 266 Å². The second kappa shape index (κ2) is 13.9. The molecule has 3 aromatic rings. The van der Waals surface area contributed by atoms with Crippen molar-refractivity contribution in [3.05, 3.63) is 66.1 Å². The highest BCUT2D eigenvalue weighted by Gasteiger charge is 2.34. The number of alkyl halides is 1. The summed E-state index contributed by atoms with van der Waals surface area (Å²) in [5, 5.41) is 20.1. The van der Waals surface area contributed by atoms with Gasteiger partial charge < -0.3 is 35.7 Å². The lowest BCUT2D eigenvalue weighted by atomic mass is 10.0. The number of piperazine rings is 1. The fraction of sp³-hybridized carbons (Fsp3) is 0.375. The Morgan fingerprint density at radius 1 is 1.13 bits per heavy atom. The van der Waals surface area contributed by atoms with Gasteiger partial charge in [0.25, 0.3) is 5.91 Å². The molecule has 0 radical (unpaired) electrons. The highest BCUT2D eigenvalue weighted by molar-refractivity contribution is 5.96. The molecule has 14 heteroatoms. The van der Waals surface area contributed by atoms with Crippen molar-refractivity contribution in [3.63, 3.8) is 0 Å². The standard InChI is InChI=1S/C32H35FN10O3/c33-26-17-43(31(44)27(36)7-9-34)10-8-29(26)46-28-6-1-21(15-22(28)16-35)30-37-20-38-32(40-30)39-23-2-4-24(5-3-23)41-11-13-42(14-12-41)25-18-45-19-25/h1-7,9,15,20,25-26,29,34H,8,10-14,17-19,36H2,(H,37,38,39,40)/b27-7-,34-9?. The van der Waals surface area contributed by atoms with Gasteiger partial charge in [-0.2, -0.15) is 10.2 Å². The minimum atomic E-state index is -1.49. The summed E-state index contributed by atoms with van der Waals surface area (Å²) >= 11 is 0. The van der Waals surface area contributed by atoms with Crippen LogP contribution in [-0.4, -0.2) is 108 Å². The fourth-order valence-electron chi connectivity index (χ4n) is 5.73. The summed E-state index contributed by atoms with van der Waals surface area (Å²) in [7, 11) is 0. The van der Waals surface area contributed by atoms with Crippen LogP contribution in [0.15, 0.2) is 60.6 Å². The third kappa shape index (κ3) is 6.90. The van der Waals surface area contributed by atoms with Crippen LogP contribution in [-0.2, 0) is 9.53 Å². The lowest BCUT2D eigenvalue weighted by molar-refractivity contribution is -0.131. The number of nitrogens with two attached hydrogens (primary N) is 1. The summed E-state index contributed by atoms with van der Waals surface area (Å²) in [6.07, 6.45) is 1.35. The summed E-state index contributed by atoms with van der Waals surface area (Å²) in [4.78, 5) is 31.6. The van der Waals surface area contributed by atoms with Crippen molar-refractivity contribution in [1.82, 2.24) is 24.8 Å². The second-order valence-corrected chi connectivity index (χ2v) is 11.3. The molecule has 2 unspecified atom stereocenters. The molecule has 3 fully saturated rings. The molecule has 3 aliphatic heterocycles. The average Bonchev–Trinajstić information content (AvgIpc) is 3.05. The maximum Gasteiger partial charge on any atom is 0.269 e. The van der Waals surface area contributed by atoms with Crippen LogP contribution in [0.25, 0.3) is 11.4 Å². The van der Waals surface area contributed by atoms with E-state index in [9.17, 15) is 10.1 Å². The van der Waals surface area contributed by atoms with Crippen molar-refractivity contribution in [2.45, 2.75) is 24.7 Å². The SMILES string of the molecule is N#Cc1cc(-c2ncnc(Nc3ccc(N4CCN(C5COC5)CC4)cc3)n2)ccc1OC1CCN(C(=O)/C(N)=C/C=N)CC1F. The number of ether oxygens (including phenoxy) is 2. The number of nitriles is 1. The summed E-state index contributed by atoms with van der Waals surface area (Å²) in [6.45, 7) is 5.72. The molecule has 0 saturated carbocycles. The van der Waals surface area contributed by atoms with Gasteiger partial charge in [-0.05, 0) is 48.5 Å². The maximum absolute atomic E-state index is 15.0. The number of likely N-dealkylation sites (tertiary alicyclic amines) is 1. The van der Waals surface area contributed by atoms with Crippen molar-refractivity contribution in [2.75, 3.05) is 62.7 Å². The number of nitrogens with one attached hydrogen (secondary N) is 2. The van der Waals surface area contributed by atoms with Gasteiger partial charge in [0.2, 0.25) is 5.95 Å². The maximum atomic E-state index is 15.0. The molecule has 0 bridgehead atoms. The average molecular weight is 627 g/mol. The van der Waals surface area contributed by atoms with Crippen molar-refractivity contribution in [1.29, 1.82) is 10.7 Å². The monoisotopic (exact) mass is 626 g/mol. The summed E-state index contributed by atoms with van der Waals surface area (Å²) in [5.41, 5.74) is 8.30. The third-order valence-electron chi connectivity index (χ3n) is 8.43. The van der Waals surface area contributed by atoms with Crippen LogP contribution in [0.1, 0.15) is 12.0 Å². The molecule has 3 saturated heterocycles. The first-order chi connectivity index (χ1) is 22.4. The molecule has 4 heterocycles. The number of benzene rings is 2. The lowest BCUT2D eigenvalue weighted by Gasteiger charge is -2.43. The molecular formula is C32H35FN10O3. The van der Waals surface area contributed by atoms with E-state index in [1.54, 1.807) is 18.2 Å². The van der Waals surface area contributed by atoms with Crippen LogP contribution in [0, 0.1) is 16.7 Å². The first-order valence-corrected chi connectivity index (χ1v) is 15.2. The van der Waals surface area contributed by atoms with E-state index in [2.05, 4.69) is 48.3 Å². The van der Waals surface area contributed by atoms with Gasteiger partial charge in [0.15, 0.2) is 12.0 Å². The molecule has 4 N–H and O–H groups in total. The van der Waals surface area contributed by atoms with Crippen LogP contribution < -0.4 is 20.7 Å². The number of piperidine rings is 1. The Morgan fingerprint density at radius 2 is 1.91 bits per heavy atom. The van der Waals surface area contributed by atoms with Crippen LogP contribution in [0.5, 0.6) is 5.75 Å². The molecule has 1 aromatic heterocycles. The predicted molar refractivity (Wildman–Crippen MR) is 170 cm³/mol. The largest absolute Gasteiger partial charge is 0.486 e. The molecule has 3 aliphatic rings. The van der Waals surface area contributed by atoms with Gasteiger partial charge in [-0.1, -0.05) is 0 Å². The second-order valence-electron chi connectivity index (χ2n) is 11.3. The van der Waals surface area contributed by atoms with Crippen molar-refractivity contribution in [2.24, 2.45) is 5.73 Å². The number of hydrogen-bond acceptors (Lipinski definition) is 12. The number of allylic oxidation sites excluding steroid dienone is 1. The predicted octanol–water partition coefficient (Wildman–Crippen LogP) is 2.48. The molecule has 13 nitrogen and oxygen atoms in total. The Balaban J connectivity index is 1.07. The van der Waals surface area contributed by atoms with E-state index in [1.165, 1.54) is 11.2 Å². The smallest absolute Gasteiger partial charge is 0.269 e. The number of anilines is 3. The van der Waals surface area contributed by atoms with E-state index >= 15 is 4.39 Å². The van der Waals surface area contributed by atoms with Crippen molar-refractivity contribution in [3.8, 4) is 23.2 Å². The van der Waals surface area contributed by atoms with Crippen LogP contribution >= 0.6 is 0 Å². The zero-order chi connectivity index (χ0) is 32.0. The first-order valence-electron chi connectivity index (χ1n) is 15.2. The molecule has 2 atom stereocenters. The third-order valence-corrected chi connectivity index (χ3v) is 8.43. The Hall–Kier alpha value is -5.13. The van der Waals surface area contributed by atoms with E-state index in [1.807, 2.05) is 12.1 Å². The van der Waals surface area contributed by atoms with Gasteiger partial charge >= 0.3 is 0 Å². The molecule has 46 heavy (non-hydrogen) atoms. The number of nitrogens with zero attached hydrogens (tertiary/aromatic N) is 7. The van der Waals surface area contributed by atoms with Gasteiger partial charge in [-0.15, -0.1) is 0 Å². The van der Waals surface area contributed by atoms with Gasteiger partial charge in [0, 0.05) is 62.3 Å². The number of amides is 1. The van der Waals surface area contributed by atoms with Crippen LogP contribution in [0.2, 0.25) is 0 Å². The van der Waals surface area contributed by atoms with E-state index in [0.29, 0.717) is 23.4 Å². The number of carbonyl (C=O) groups is 1. The Bertz CT molecular complexity index is 1630. The topological polar surface area (TPSA) is 170 Å². The van der Waals surface area contributed by atoms with Gasteiger partial charge in [0.1, 0.15) is 24.3 Å². The van der Waals surface area contributed by atoms with Gasteiger partial charge in [-0.3, -0.25) is 9.69 Å². The minimum absolute atomic E-state index is 0.126. The van der Waals surface area contributed by atoms with Crippen LogP contribution in [0.4, 0.5) is 21.7 Å². The summed E-state index contributed by atoms with van der Waals surface area (Å²) in [5.74, 6) is 0.412. The molecule has 0 spiro atoms. The van der Waals surface area contributed by atoms with E-state index in [-0.39, 0.29) is 36.5 Å². The van der Waals surface area contributed by atoms with E-state index < -0.39 is 18.2 Å². The number of halogens is 1. The fourth-order valence-corrected chi connectivity index (χ4v) is 5.73. The number of hydrogen-bond donors (Lipinski definition) is 3. The summed E-state index contributed by atoms with van der Waals surface area (Å²) in [6, 6.07) is 15.7. The van der Waals surface area contributed by atoms with Crippen molar-refractivity contribution < 1.29 is 18.7 Å². The zero-order valence-electron chi connectivity index (χ0n) is 25.2. The normalized spacial score (nSPS) is 20.8. The Kier molecular flexibility index (Phi) is 9.32. The molecule has 0 aliphatic carbocycles. The highest BCUT2D eigenvalue weighted by Crippen LogP contribution is 2.29. The van der Waals surface area contributed by atoms with Gasteiger partial charge in [-0.25, -0.2) is 14.4 Å². The van der Waals surface area contributed by atoms with Crippen molar-refractivity contribution >= 4 is 29.4 Å². The summed E-state index contributed by atoms with van der Waals surface area (Å²) < 4.78 is 26.3. The first kappa shape index (κ1) is 30.9. The number of aromatic nitrogens is 3. The molecule has 1 amide bonds. The molecular weight excluding hydrogens is 591 g/mol. The highest BCUT2D eigenvalue weighted by atomic mass is 19.1. The zero-order valence-corrected chi connectivity index (χ0v) is 25.2. The Morgan fingerprint density at radius 3 is 2.59 bits per heavy atom. The minimum Gasteiger partial charge on any atom is -0.486 e. The number of rotatable bonds is 9. The molecule has 6 rings (SSSR count). The van der Waals surface area contributed by atoms with Gasteiger partial charge in [0.05, 0.1) is 37.1 Å². The molecule has 2 aromatic carbocycles. The molecule has 238 valence electrons.